The third-order valence-corrected chi connectivity index (χ3v) is 20.6. The van der Waals surface area contributed by atoms with Crippen LogP contribution in [0.1, 0.15) is 90.0 Å². The van der Waals surface area contributed by atoms with E-state index in [1.54, 1.807) is 0 Å². The third-order valence-electron chi connectivity index (χ3n) is 11.9. The molecule has 3 aliphatic heterocycles. The average Bonchev–Trinajstić information content (AvgIpc) is 3.06. The van der Waals surface area contributed by atoms with E-state index >= 15 is 0 Å². The van der Waals surface area contributed by atoms with Crippen LogP contribution in [0, 0.1) is 0 Å². The van der Waals surface area contributed by atoms with Crippen LogP contribution < -0.4 is 23.1 Å². The van der Waals surface area contributed by atoms with Crippen LogP contribution in [0.25, 0.3) is 11.1 Å². The van der Waals surface area contributed by atoms with Gasteiger partial charge in [-0.1, -0.05) is 60.1 Å². The van der Waals surface area contributed by atoms with E-state index in [1.807, 2.05) is 24.3 Å². The Morgan fingerprint density at radius 1 is 0.731 bits per heavy atom. The Hall–Kier alpha value is -3.25. The second kappa shape index (κ2) is 14.9. The minimum atomic E-state index is -2.10. The van der Waals surface area contributed by atoms with E-state index in [4.69, 9.17) is 23.1 Å². The highest BCUT2D eigenvalue weighted by atomic mass is 28.4. The van der Waals surface area contributed by atoms with Gasteiger partial charge in [0.1, 0.15) is 48.1 Å². The maximum Gasteiger partial charge on any atom is 0.250 e. The van der Waals surface area contributed by atoms with Gasteiger partial charge in [-0.05, 0) is 110 Å². The number of piperidine rings is 1. The van der Waals surface area contributed by atoms with Crippen molar-refractivity contribution < 1.29 is 28.2 Å². The maximum atomic E-state index is 11.4. The van der Waals surface area contributed by atoms with Gasteiger partial charge in [0.2, 0.25) is 16.6 Å². The number of rotatable bonds is 9. The van der Waals surface area contributed by atoms with Gasteiger partial charge in [-0.15, -0.1) is 0 Å². The zero-order valence-electron chi connectivity index (χ0n) is 33.2. The lowest BCUT2D eigenvalue weighted by Crippen LogP contribution is -2.43. The van der Waals surface area contributed by atoms with Crippen LogP contribution in [-0.4, -0.2) is 65.6 Å². The van der Waals surface area contributed by atoms with Gasteiger partial charge < -0.3 is 28.2 Å². The number of likely N-dealkylation sites (tertiary alicyclic amines) is 1. The second-order valence-electron chi connectivity index (χ2n) is 17.9. The molecule has 3 aromatic rings. The van der Waals surface area contributed by atoms with Gasteiger partial charge in [0.05, 0.1) is 6.10 Å². The summed E-state index contributed by atoms with van der Waals surface area (Å²) in [4.78, 5) is 2.49. The molecule has 3 aliphatic rings. The number of fused-ring (bicyclic) bond motifs is 4. The standard InChI is InChI=1S/C43H61NO6Si2/c1-42(2,3)51(7,8)49-33-19-21-36-38(27-33)47-29-31(45)26-37-35-20-18-34(50-52(9,10)43(4,5)6)28-39(35)48-41(40(36)37)30-14-16-32(17-15-30)46-25-24-44-22-12-11-13-23-44/h14-21,27-28,31,41,45H,11-13,22-26,29H2,1-10H3. The summed E-state index contributed by atoms with van der Waals surface area (Å²) in [5, 5.41) is 11.5. The quantitative estimate of drug-likeness (QED) is 0.219. The summed E-state index contributed by atoms with van der Waals surface area (Å²) in [7, 11) is -4.19. The van der Waals surface area contributed by atoms with Crippen molar-refractivity contribution in [1.29, 1.82) is 0 Å². The molecule has 1 N–H and O–H groups in total. The zero-order chi connectivity index (χ0) is 37.5. The Kier molecular flexibility index (Phi) is 11.0. The van der Waals surface area contributed by atoms with Gasteiger partial charge >= 0.3 is 0 Å². The lowest BCUT2D eigenvalue weighted by molar-refractivity contribution is 0.109. The molecule has 3 heterocycles. The fourth-order valence-electron chi connectivity index (χ4n) is 6.66. The molecular formula is C43H61NO6Si2. The normalized spacial score (nSPS) is 20.0. The second-order valence-corrected chi connectivity index (χ2v) is 27.4. The maximum absolute atomic E-state index is 11.4. The number of aliphatic hydroxyl groups excluding tert-OH is 1. The van der Waals surface area contributed by atoms with Crippen molar-refractivity contribution in [3.8, 4) is 28.7 Å². The summed E-state index contributed by atoms with van der Waals surface area (Å²) < 4.78 is 33.1. The molecule has 0 radical (unpaired) electrons. The molecule has 0 bridgehead atoms. The predicted molar refractivity (Wildman–Crippen MR) is 217 cm³/mol. The van der Waals surface area contributed by atoms with E-state index in [9.17, 15) is 5.11 Å². The van der Waals surface area contributed by atoms with Crippen LogP contribution >= 0.6 is 0 Å². The number of ether oxygens (including phenoxy) is 3. The molecule has 2 atom stereocenters. The van der Waals surface area contributed by atoms with Crippen LogP contribution in [-0.2, 0) is 0 Å². The number of hydrogen-bond donors (Lipinski definition) is 1. The summed E-state index contributed by atoms with van der Waals surface area (Å²) >= 11 is 0. The molecule has 0 spiro atoms. The molecule has 6 rings (SSSR count). The first-order valence-electron chi connectivity index (χ1n) is 19.2. The van der Waals surface area contributed by atoms with Crippen LogP contribution in [0.5, 0.6) is 28.7 Å². The number of nitrogens with zero attached hydrogens (tertiary/aromatic N) is 1. The van der Waals surface area contributed by atoms with E-state index in [0.29, 0.717) is 18.8 Å². The molecule has 52 heavy (non-hydrogen) atoms. The van der Waals surface area contributed by atoms with Crippen molar-refractivity contribution in [2.45, 2.75) is 116 Å². The monoisotopic (exact) mass is 743 g/mol. The van der Waals surface area contributed by atoms with E-state index in [1.165, 1.54) is 19.3 Å². The van der Waals surface area contributed by atoms with E-state index in [-0.39, 0.29) is 16.7 Å². The molecule has 2 unspecified atom stereocenters. The molecule has 282 valence electrons. The molecule has 9 heteroatoms. The lowest BCUT2D eigenvalue weighted by Gasteiger charge is -2.38. The fraction of sp³-hybridized carbons (Fsp3) is 0.535. The predicted octanol–water partition coefficient (Wildman–Crippen LogP) is 10.5. The minimum Gasteiger partial charge on any atom is -0.543 e. The van der Waals surface area contributed by atoms with E-state index in [2.05, 4.69) is 109 Å². The van der Waals surface area contributed by atoms with Crippen LogP contribution in [0.3, 0.4) is 0 Å². The first-order valence-corrected chi connectivity index (χ1v) is 25.1. The molecule has 7 nitrogen and oxygen atoms in total. The number of aliphatic hydroxyl groups is 1. The van der Waals surface area contributed by atoms with Crippen molar-refractivity contribution in [1.82, 2.24) is 4.90 Å². The Morgan fingerprint density at radius 3 is 1.88 bits per heavy atom. The van der Waals surface area contributed by atoms with Crippen molar-refractivity contribution in [3.05, 3.63) is 77.4 Å². The summed E-state index contributed by atoms with van der Waals surface area (Å²) in [6.07, 6.45) is 3.16. The highest BCUT2D eigenvalue weighted by Gasteiger charge is 2.41. The molecule has 0 saturated carbocycles. The average molecular weight is 744 g/mol. The molecule has 0 aliphatic carbocycles. The third kappa shape index (κ3) is 8.43. The SMILES string of the molecule is CC(C)(C)[Si](C)(C)Oc1ccc2c(c1)OC(c1ccc(OCCN3CCCCC3)cc1)C1=C2CC(O)COc2cc(O[Si](C)(C)C(C)(C)C)ccc21. The molecule has 0 aromatic heterocycles. The van der Waals surface area contributed by atoms with Gasteiger partial charge in [0.15, 0.2) is 0 Å². The van der Waals surface area contributed by atoms with Crippen molar-refractivity contribution >= 4 is 27.8 Å². The van der Waals surface area contributed by atoms with E-state index < -0.39 is 28.8 Å². The first kappa shape index (κ1) is 38.5. The Morgan fingerprint density at radius 2 is 1.29 bits per heavy atom. The Bertz CT molecular complexity index is 1750. The van der Waals surface area contributed by atoms with Crippen LogP contribution in [0.4, 0.5) is 0 Å². The molecule has 0 amide bonds. The van der Waals surface area contributed by atoms with Crippen LogP contribution in [0.2, 0.25) is 36.3 Å². The number of hydrogen-bond acceptors (Lipinski definition) is 7. The number of benzene rings is 3. The summed E-state index contributed by atoms with van der Waals surface area (Å²) in [6.45, 7) is 26.6. The fourth-order valence-corrected chi connectivity index (χ4v) is 8.70. The Balaban J connectivity index is 1.40. The Labute approximate surface area is 314 Å². The van der Waals surface area contributed by atoms with Crippen LogP contribution in [0.15, 0.2) is 60.7 Å². The first-order chi connectivity index (χ1) is 24.4. The van der Waals surface area contributed by atoms with Gasteiger partial charge in [-0.2, -0.15) is 0 Å². The lowest BCUT2D eigenvalue weighted by atomic mass is 9.82. The minimum absolute atomic E-state index is 0.0482. The molecular weight excluding hydrogens is 683 g/mol. The van der Waals surface area contributed by atoms with Gasteiger partial charge in [-0.25, -0.2) is 0 Å². The summed E-state index contributed by atoms with van der Waals surface area (Å²) in [5.41, 5.74) is 4.97. The van der Waals surface area contributed by atoms with Crippen molar-refractivity contribution in [3.63, 3.8) is 0 Å². The topological polar surface area (TPSA) is 69.6 Å². The zero-order valence-corrected chi connectivity index (χ0v) is 35.2. The highest BCUT2D eigenvalue weighted by Crippen LogP contribution is 2.53. The highest BCUT2D eigenvalue weighted by molar-refractivity contribution is 6.75. The van der Waals surface area contributed by atoms with Gasteiger partial charge in [0, 0.05) is 41.8 Å². The van der Waals surface area contributed by atoms with Gasteiger partial charge in [-0.3, -0.25) is 4.90 Å². The molecule has 1 fully saturated rings. The molecule has 1 saturated heterocycles. The summed E-state index contributed by atoms with van der Waals surface area (Å²) in [6, 6.07) is 20.7. The van der Waals surface area contributed by atoms with Crippen molar-refractivity contribution in [2.75, 3.05) is 32.8 Å². The summed E-state index contributed by atoms with van der Waals surface area (Å²) in [5.74, 6) is 3.90. The molecule has 3 aromatic carbocycles. The largest absolute Gasteiger partial charge is 0.543 e. The van der Waals surface area contributed by atoms with Gasteiger partial charge in [0.25, 0.3) is 0 Å². The smallest absolute Gasteiger partial charge is 0.250 e. The van der Waals surface area contributed by atoms with E-state index in [0.717, 1.165) is 70.5 Å². The van der Waals surface area contributed by atoms with Crippen molar-refractivity contribution in [2.24, 2.45) is 0 Å².